The Kier molecular flexibility index (Phi) is 9.09. The molecule has 1 aromatic carbocycles. The topological polar surface area (TPSA) is 105 Å². The summed E-state index contributed by atoms with van der Waals surface area (Å²) in [6.07, 6.45) is 4.69. The van der Waals surface area contributed by atoms with Gasteiger partial charge >= 0.3 is 5.97 Å². The first-order valence-corrected chi connectivity index (χ1v) is 14.1. The lowest BCUT2D eigenvalue weighted by atomic mass is 10.1. The van der Waals surface area contributed by atoms with Gasteiger partial charge in [0.05, 0.1) is 25.5 Å². The first-order valence-electron chi connectivity index (χ1n) is 12.3. The zero-order valence-corrected chi connectivity index (χ0v) is 23.2. The van der Waals surface area contributed by atoms with E-state index in [2.05, 4.69) is 15.5 Å². The SMILES string of the molecule is CCn1c(SCC(=O)Nc2sc3c(c2C(=O)OC)CCCCC3)nnc1C(C)Oc1ccc(OC)cc1. The molecule has 0 aliphatic heterocycles. The molecule has 3 aromatic rings. The van der Waals surface area contributed by atoms with E-state index in [1.807, 2.05) is 42.7 Å². The number of carbonyl (C=O) groups is 2. The molecular weight excluding hydrogens is 512 g/mol. The van der Waals surface area contributed by atoms with Gasteiger partial charge < -0.3 is 24.1 Å². The summed E-state index contributed by atoms with van der Waals surface area (Å²) in [5.41, 5.74) is 1.53. The number of fused-ring (bicyclic) bond motifs is 1. The summed E-state index contributed by atoms with van der Waals surface area (Å²) in [6, 6.07) is 7.36. The van der Waals surface area contributed by atoms with Crippen molar-refractivity contribution in [2.75, 3.05) is 25.3 Å². The van der Waals surface area contributed by atoms with Crippen molar-refractivity contribution in [1.82, 2.24) is 14.8 Å². The molecule has 4 rings (SSSR count). The number of methoxy groups -OCH3 is 2. The van der Waals surface area contributed by atoms with E-state index in [1.54, 1.807) is 7.11 Å². The van der Waals surface area contributed by atoms with Crippen molar-refractivity contribution in [2.24, 2.45) is 0 Å². The van der Waals surface area contributed by atoms with Crippen LogP contribution in [0.15, 0.2) is 29.4 Å². The number of hydrogen-bond donors (Lipinski definition) is 1. The zero-order chi connectivity index (χ0) is 26.4. The fourth-order valence-corrected chi connectivity index (χ4v) is 6.46. The number of anilines is 1. The quantitative estimate of drug-likeness (QED) is 0.208. The molecule has 0 saturated carbocycles. The summed E-state index contributed by atoms with van der Waals surface area (Å²) in [4.78, 5) is 26.6. The monoisotopic (exact) mass is 544 g/mol. The molecule has 0 fully saturated rings. The predicted octanol–water partition coefficient (Wildman–Crippen LogP) is 5.29. The first kappa shape index (κ1) is 27.0. The maximum Gasteiger partial charge on any atom is 0.341 e. The first-order chi connectivity index (χ1) is 17.9. The number of rotatable bonds is 10. The average Bonchev–Trinajstić information content (AvgIpc) is 3.40. The highest BCUT2D eigenvalue weighted by atomic mass is 32.2. The lowest BCUT2D eigenvalue weighted by Gasteiger charge is -2.15. The molecule has 0 spiro atoms. The molecule has 1 amide bonds. The highest BCUT2D eigenvalue weighted by Crippen LogP contribution is 2.38. The van der Waals surface area contributed by atoms with Gasteiger partial charge in [-0.15, -0.1) is 21.5 Å². The van der Waals surface area contributed by atoms with Crippen LogP contribution in [0, 0.1) is 0 Å². The summed E-state index contributed by atoms with van der Waals surface area (Å²) < 4.78 is 18.2. The minimum Gasteiger partial charge on any atom is -0.497 e. The molecular formula is C26H32N4O5S2. The maximum atomic E-state index is 12.9. The van der Waals surface area contributed by atoms with Crippen LogP contribution in [-0.2, 0) is 28.9 Å². The van der Waals surface area contributed by atoms with Gasteiger partial charge in [0.25, 0.3) is 0 Å². The molecule has 9 nitrogen and oxygen atoms in total. The van der Waals surface area contributed by atoms with Crippen LogP contribution in [0.1, 0.15) is 65.8 Å². The number of amides is 1. The summed E-state index contributed by atoms with van der Waals surface area (Å²) in [7, 11) is 2.99. The number of ether oxygens (including phenoxy) is 3. The Bertz CT molecular complexity index is 1240. The molecule has 37 heavy (non-hydrogen) atoms. The molecule has 0 saturated heterocycles. The van der Waals surface area contributed by atoms with E-state index >= 15 is 0 Å². The van der Waals surface area contributed by atoms with Crippen molar-refractivity contribution in [3.05, 3.63) is 46.1 Å². The molecule has 1 aliphatic rings. The lowest BCUT2D eigenvalue weighted by Crippen LogP contribution is -2.17. The van der Waals surface area contributed by atoms with Gasteiger partial charge in [-0.05, 0) is 69.4 Å². The molecule has 0 bridgehead atoms. The Morgan fingerprint density at radius 3 is 2.54 bits per heavy atom. The zero-order valence-electron chi connectivity index (χ0n) is 21.5. The average molecular weight is 545 g/mol. The summed E-state index contributed by atoms with van der Waals surface area (Å²) in [6.45, 7) is 4.54. The molecule has 2 aromatic heterocycles. The molecule has 11 heteroatoms. The summed E-state index contributed by atoms with van der Waals surface area (Å²) >= 11 is 2.79. The molecule has 1 atom stereocenters. The Labute approximate surface area is 224 Å². The van der Waals surface area contributed by atoms with E-state index in [0.29, 0.717) is 33.8 Å². The van der Waals surface area contributed by atoms with Crippen LogP contribution in [0.25, 0.3) is 0 Å². The van der Waals surface area contributed by atoms with Crippen molar-refractivity contribution in [3.8, 4) is 11.5 Å². The highest BCUT2D eigenvalue weighted by Gasteiger charge is 2.26. The third kappa shape index (κ3) is 6.27. The normalized spacial score (nSPS) is 13.8. The van der Waals surface area contributed by atoms with E-state index < -0.39 is 5.97 Å². The Morgan fingerprint density at radius 2 is 1.84 bits per heavy atom. The smallest absolute Gasteiger partial charge is 0.341 e. The number of esters is 1. The van der Waals surface area contributed by atoms with Gasteiger partial charge in [-0.2, -0.15) is 0 Å². The van der Waals surface area contributed by atoms with Crippen LogP contribution in [0.4, 0.5) is 5.00 Å². The van der Waals surface area contributed by atoms with E-state index in [1.165, 1.54) is 35.1 Å². The molecule has 1 N–H and O–H groups in total. The van der Waals surface area contributed by atoms with E-state index in [-0.39, 0.29) is 17.8 Å². The molecule has 198 valence electrons. The number of carbonyl (C=O) groups excluding carboxylic acids is 2. The number of thiophene rings is 1. The van der Waals surface area contributed by atoms with Crippen LogP contribution < -0.4 is 14.8 Å². The minimum absolute atomic E-state index is 0.134. The van der Waals surface area contributed by atoms with Crippen molar-refractivity contribution < 1.29 is 23.8 Å². The maximum absolute atomic E-state index is 12.9. The second-order valence-corrected chi connectivity index (χ2v) is 10.7. The van der Waals surface area contributed by atoms with Crippen LogP contribution in [0.3, 0.4) is 0 Å². The standard InChI is InChI=1S/C26H32N4O5S2/c1-5-30-23(16(2)35-18-13-11-17(33-3)12-14-18)28-29-26(30)36-15-21(31)27-24-22(25(32)34-4)19-9-7-6-8-10-20(19)37-24/h11-14,16H,5-10,15H2,1-4H3,(H,27,31). The molecule has 1 aliphatic carbocycles. The Balaban J connectivity index is 1.42. The third-order valence-electron chi connectivity index (χ3n) is 6.19. The molecule has 1 unspecified atom stereocenters. The van der Waals surface area contributed by atoms with Crippen LogP contribution in [0.2, 0.25) is 0 Å². The van der Waals surface area contributed by atoms with Gasteiger partial charge in [0.1, 0.15) is 16.5 Å². The van der Waals surface area contributed by atoms with Gasteiger partial charge in [-0.3, -0.25) is 4.79 Å². The Hall–Kier alpha value is -3.05. The van der Waals surface area contributed by atoms with Crippen LogP contribution >= 0.6 is 23.1 Å². The number of nitrogens with one attached hydrogen (secondary N) is 1. The van der Waals surface area contributed by atoms with Crippen LogP contribution in [-0.4, -0.2) is 46.6 Å². The second-order valence-electron chi connectivity index (χ2n) is 8.62. The van der Waals surface area contributed by atoms with Gasteiger partial charge in [0.2, 0.25) is 5.91 Å². The highest BCUT2D eigenvalue weighted by molar-refractivity contribution is 7.99. The number of nitrogens with zero attached hydrogens (tertiary/aromatic N) is 3. The van der Waals surface area contributed by atoms with E-state index in [0.717, 1.165) is 43.4 Å². The van der Waals surface area contributed by atoms with E-state index in [9.17, 15) is 9.59 Å². The lowest BCUT2D eigenvalue weighted by molar-refractivity contribution is -0.113. The van der Waals surface area contributed by atoms with Gasteiger partial charge in [0, 0.05) is 11.4 Å². The largest absolute Gasteiger partial charge is 0.497 e. The summed E-state index contributed by atoms with van der Waals surface area (Å²) in [5.74, 6) is 1.66. The number of thioether (sulfide) groups is 1. The fraction of sp³-hybridized carbons (Fsp3) is 0.462. The Morgan fingerprint density at radius 1 is 1.11 bits per heavy atom. The summed E-state index contributed by atoms with van der Waals surface area (Å²) in [5, 5.41) is 12.8. The third-order valence-corrected chi connectivity index (χ3v) is 8.37. The molecule has 2 heterocycles. The van der Waals surface area contributed by atoms with Gasteiger partial charge in [-0.25, -0.2) is 4.79 Å². The van der Waals surface area contributed by atoms with Crippen molar-refractivity contribution in [2.45, 2.75) is 63.8 Å². The predicted molar refractivity (Wildman–Crippen MR) is 144 cm³/mol. The van der Waals surface area contributed by atoms with Crippen molar-refractivity contribution in [1.29, 1.82) is 0 Å². The fourth-order valence-electron chi connectivity index (χ4n) is 4.36. The minimum atomic E-state index is -0.399. The number of aromatic nitrogens is 3. The number of benzene rings is 1. The van der Waals surface area contributed by atoms with Gasteiger partial charge in [-0.1, -0.05) is 18.2 Å². The van der Waals surface area contributed by atoms with Gasteiger partial charge in [0.15, 0.2) is 17.1 Å². The molecule has 0 radical (unpaired) electrons. The van der Waals surface area contributed by atoms with Crippen LogP contribution in [0.5, 0.6) is 11.5 Å². The van der Waals surface area contributed by atoms with Crippen molar-refractivity contribution >= 4 is 40.0 Å². The number of hydrogen-bond acceptors (Lipinski definition) is 9. The second kappa shape index (κ2) is 12.5. The van der Waals surface area contributed by atoms with Crippen molar-refractivity contribution in [3.63, 3.8) is 0 Å². The van der Waals surface area contributed by atoms with E-state index in [4.69, 9.17) is 14.2 Å². The number of aryl methyl sites for hydroxylation is 1.